The quantitative estimate of drug-likeness (QED) is 0.592. The van der Waals surface area contributed by atoms with Crippen LogP contribution < -0.4 is 5.32 Å². The first-order valence-corrected chi connectivity index (χ1v) is 10.5. The van der Waals surface area contributed by atoms with E-state index in [2.05, 4.69) is 79.9 Å². The molecule has 4 atom stereocenters. The third-order valence-electron chi connectivity index (χ3n) is 5.82. The van der Waals surface area contributed by atoms with Gasteiger partial charge in [-0.1, -0.05) is 72.8 Å². The first-order valence-electron chi connectivity index (χ1n) is 10.5. The second-order valence-electron chi connectivity index (χ2n) is 7.85. The Hall–Kier alpha value is -1.60. The number of hydrogen-bond acceptors (Lipinski definition) is 1. The molecule has 1 radical (unpaired) electrons. The minimum Gasteiger partial charge on any atom is -0.310 e. The minimum absolute atomic E-state index is 0.471. The number of nitrogens with one attached hydrogen (secondary N) is 1. The molecular formula is C25H34N. The summed E-state index contributed by atoms with van der Waals surface area (Å²) in [6, 6.07) is 0.471. The van der Waals surface area contributed by atoms with Gasteiger partial charge in [0.05, 0.1) is 0 Å². The maximum absolute atomic E-state index is 3.60. The first kappa shape index (κ1) is 19.2. The molecule has 0 saturated heterocycles. The van der Waals surface area contributed by atoms with E-state index in [4.69, 9.17) is 0 Å². The fourth-order valence-electron chi connectivity index (χ4n) is 4.25. The third kappa shape index (κ3) is 5.20. The van der Waals surface area contributed by atoms with Gasteiger partial charge in [-0.15, -0.1) is 0 Å². The van der Waals surface area contributed by atoms with Crippen molar-refractivity contribution >= 4 is 0 Å². The summed E-state index contributed by atoms with van der Waals surface area (Å²) in [6.07, 6.45) is 31.4. The molecule has 0 bridgehead atoms. The fraction of sp³-hybridized carbons (Fsp3) is 0.520. The predicted molar refractivity (Wildman–Crippen MR) is 113 cm³/mol. The molecule has 0 aromatic heterocycles. The summed E-state index contributed by atoms with van der Waals surface area (Å²) < 4.78 is 0. The molecule has 0 saturated carbocycles. The summed E-state index contributed by atoms with van der Waals surface area (Å²) >= 11 is 0. The molecular weight excluding hydrogens is 314 g/mol. The Morgan fingerprint density at radius 3 is 3.08 bits per heavy atom. The fourth-order valence-corrected chi connectivity index (χ4v) is 4.25. The Balaban J connectivity index is 0.000000181. The highest BCUT2D eigenvalue weighted by Crippen LogP contribution is 2.33. The highest BCUT2D eigenvalue weighted by Gasteiger charge is 2.24. The zero-order valence-corrected chi connectivity index (χ0v) is 16.5. The van der Waals surface area contributed by atoms with Crippen molar-refractivity contribution in [1.82, 2.24) is 5.32 Å². The highest BCUT2D eigenvalue weighted by atomic mass is 14.9. The molecule has 0 heterocycles. The van der Waals surface area contributed by atoms with Crippen molar-refractivity contribution < 1.29 is 0 Å². The monoisotopic (exact) mass is 348 g/mol. The molecule has 4 rings (SSSR count). The van der Waals surface area contributed by atoms with Crippen LogP contribution in [0.1, 0.15) is 52.4 Å². The Labute approximate surface area is 160 Å². The Morgan fingerprint density at radius 1 is 1.31 bits per heavy atom. The molecule has 4 aliphatic carbocycles. The first-order chi connectivity index (χ1) is 12.8. The van der Waals surface area contributed by atoms with Gasteiger partial charge in [0.1, 0.15) is 0 Å². The van der Waals surface area contributed by atoms with Crippen molar-refractivity contribution in [1.29, 1.82) is 0 Å². The summed E-state index contributed by atoms with van der Waals surface area (Å²) in [4.78, 5) is 0. The zero-order chi connectivity index (χ0) is 18.2. The van der Waals surface area contributed by atoms with E-state index in [1.54, 1.807) is 5.57 Å². The van der Waals surface area contributed by atoms with Gasteiger partial charge in [0, 0.05) is 18.5 Å². The van der Waals surface area contributed by atoms with E-state index in [0.29, 0.717) is 17.9 Å². The molecule has 4 aliphatic rings. The van der Waals surface area contributed by atoms with Crippen molar-refractivity contribution in [3.8, 4) is 0 Å². The molecule has 0 aromatic rings. The molecule has 26 heavy (non-hydrogen) atoms. The third-order valence-corrected chi connectivity index (χ3v) is 5.82. The van der Waals surface area contributed by atoms with E-state index in [9.17, 15) is 0 Å². The van der Waals surface area contributed by atoms with Crippen molar-refractivity contribution in [3.63, 3.8) is 0 Å². The van der Waals surface area contributed by atoms with Crippen molar-refractivity contribution in [2.24, 2.45) is 17.8 Å². The van der Waals surface area contributed by atoms with Gasteiger partial charge in [0.15, 0.2) is 0 Å². The number of allylic oxidation sites excluding steroid dienone is 10. The normalized spacial score (nSPS) is 29.7. The van der Waals surface area contributed by atoms with Gasteiger partial charge in [-0.3, -0.25) is 0 Å². The van der Waals surface area contributed by atoms with Gasteiger partial charge >= 0.3 is 0 Å². The van der Waals surface area contributed by atoms with Crippen LogP contribution in [0.5, 0.6) is 0 Å². The van der Waals surface area contributed by atoms with Gasteiger partial charge in [-0.2, -0.15) is 0 Å². The van der Waals surface area contributed by atoms with E-state index >= 15 is 0 Å². The summed E-state index contributed by atoms with van der Waals surface area (Å²) in [7, 11) is 0. The molecule has 0 spiro atoms. The summed E-state index contributed by atoms with van der Waals surface area (Å²) in [5, 5.41) is 3.60. The minimum atomic E-state index is 0.471. The summed E-state index contributed by atoms with van der Waals surface area (Å²) in [5.74, 6) is 2.02. The highest BCUT2D eigenvalue weighted by molar-refractivity contribution is 5.33. The zero-order valence-electron chi connectivity index (χ0n) is 16.5. The van der Waals surface area contributed by atoms with E-state index < -0.39 is 0 Å². The van der Waals surface area contributed by atoms with Crippen LogP contribution in [-0.2, 0) is 0 Å². The maximum atomic E-state index is 3.60. The average Bonchev–Trinajstić information content (AvgIpc) is 3.34. The molecule has 1 heteroatoms. The molecule has 0 aromatic carbocycles. The van der Waals surface area contributed by atoms with Crippen LogP contribution >= 0.6 is 0 Å². The van der Waals surface area contributed by atoms with Gasteiger partial charge in [-0.25, -0.2) is 0 Å². The molecule has 1 N–H and O–H groups in total. The Bertz CT molecular complexity index is 629. The number of fused-ring (bicyclic) bond motifs is 2. The molecule has 0 fully saturated rings. The lowest BCUT2D eigenvalue weighted by Crippen LogP contribution is -2.32. The standard InChI is InChI=1S/C16H22N.C9H12/c1-3-4-7-13(2)17-12-15-10-5-8-14-9-6-11-16(14)15;1-2-5-9-7-3-6-8(9)4-1/h4-5,7-9,11,13-15,17H,3,10,12H2,1-2H3;3-4,7,9H,1-2,5-6H2/b7-4-;/t;9-/m.1/s1. The summed E-state index contributed by atoms with van der Waals surface area (Å²) in [5.41, 5.74) is 3.22. The lowest BCUT2D eigenvalue weighted by atomic mass is 9.83. The van der Waals surface area contributed by atoms with E-state index in [-0.39, 0.29) is 0 Å². The smallest absolute Gasteiger partial charge is 0.0221 e. The van der Waals surface area contributed by atoms with Gasteiger partial charge < -0.3 is 5.32 Å². The Morgan fingerprint density at radius 2 is 2.23 bits per heavy atom. The van der Waals surface area contributed by atoms with E-state index in [1.807, 2.05) is 0 Å². The van der Waals surface area contributed by atoms with Crippen molar-refractivity contribution in [3.05, 3.63) is 71.9 Å². The lowest BCUT2D eigenvalue weighted by Gasteiger charge is -2.26. The van der Waals surface area contributed by atoms with Crippen molar-refractivity contribution in [2.75, 3.05) is 6.54 Å². The predicted octanol–water partition coefficient (Wildman–Crippen LogP) is 6.10. The van der Waals surface area contributed by atoms with Crippen LogP contribution in [0.25, 0.3) is 0 Å². The van der Waals surface area contributed by atoms with Crippen LogP contribution in [0.4, 0.5) is 0 Å². The summed E-state index contributed by atoms with van der Waals surface area (Å²) in [6.45, 7) is 5.46. The second-order valence-corrected chi connectivity index (χ2v) is 7.85. The SMILES string of the molecule is C1=C[C@H]2CCCC=C2C1.CC/C=C\C(C)NCC1CC=CC2C=[C]C=C21. The topological polar surface area (TPSA) is 12.0 Å². The van der Waals surface area contributed by atoms with Crippen LogP contribution in [0.2, 0.25) is 0 Å². The van der Waals surface area contributed by atoms with E-state index in [0.717, 1.165) is 25.3 Å². The maximum Gasteiger partial charge on any atom is 0.0221 e. The van der Waals surface area contributed by atoms with Gasteiger partial charge in [-0.05, 0) is 63.4 Å². The number of rotatable bonds is 5. The van der Waals surface area contributed by atoms with E-state index in [1.165, 1.54) is 31.3 Å². The van der Waals surface area contributed by atoms with Crippen LogP contribution in [0.3, 0.4) is 0 Å². The largest absolute Gasteiger partial charge is 0.310 e. The molecule has 0 aliphatic heterocycles. The average molecular weight is 349 g/mol. The number of hydrogen-bond donors (Lipinski definition) is 1. The van der Waals surface area contributed by atoms with Crippen LogP contribution in [0, 0.1) is 23.8 Å². The molecule has 3 unspecified atom stereocenters. The van der Waals surface area contributed by atoms with Crippen LogP contribution in [-0.4, -0.2) is 12.6 Å². The van der Waals surface area contributed by atoms with Crippen LogP contribution in [0.15, 0.2) is 65.8 Å². The van der Waals surface area contributed by atoms with Gasteiger partial charge in [0.2, 0.25) is 0 Å². The lowest BCUT2D eigenvalue weighted by molar-refractivity contribution is 0.491. The molecule has 1 nitrogen and oxygen atoms in total. The Kier molecular flexibility index (Phi) is 7.32. The molecule has 0 amide bonds. The van der Waals surface area contributed by atoms with Crippen molar-refractivity contribution in [2.45, 2.75) is 58.4 Å². The molecule has 139 valence electrons. The second kappa shape index (κ2) is 9.92. The van der Waals surface area contributed by atoms with Gasteiger partial charge in [0.25, 0.3) is 0 Å².